The van der Waals surface area contributed by atoms with Gasteiger partial charge in [-0.15, -0.1) is 0 Å². The van der Waals surface area contributed by atoms with Crippen molar-refractivity contribution >= 4 is 0 Å². The van der Waals surface area contributed by atoms with Crippen LogP contribution in [0.15, 0.2) is 0 Å². The van der Waals surface area contributed by atoms with Gasteiger partial charge < -0.3 is 9.80 Å². The Morgan fingerprint density at radius 1 is 0.944 bits per heavy atom. The van der Waals surface area contributed by atoms with Crippen LogP contribution in [0.3, 0.4) is 0 Å². The van der Waals surface area contributed by atoms with E-state index in [-0.39, 0.29) is 0 Å². The first-order chi connectivity index (χ1) is 8.52. The molecule has 18 heavy (non-hydrogen) atoms. The van der Waals surface area contributed by atoms with Gasteiger partial charge in [0.05, 0.1) is 0 Å². The van der Waals surface area contributed by atoms with Crippen molar-refractivity contribution in [3.8, 4) is 0 Å². The highest BCUT2D eigenvalue weighted by atomic mass is 15.3. The fourth-order valence-electron chi connectivity index (χ4n) is 3.93. The summed E-state index contributed by atoms with van der Waals surface area (Å²) in [6.07, 6.45) is 4.13. The van der Waals surface area contributed by atoms with Gasteiger partial charge >= 0.3 is 0 Å². The van der Waals surface area contributed by atoms with Crippen LogP contribution in [-0.4, -0.2) is 73.6 Å². The lowest BCUT2D eigenvalue weighted by molar-refractivity contribution is -0.0202. The number of likely N-dealkylation sites (tertiary alicyclic amines) is 1. The van der Waals surface area contributed by atoms with Gasteiger partial charge in [-0.25, -0.2) is 0 Å². The van der Waals surface area contributed by atoms with Crippen LogP contribution < -0.4 is 0 Å². The van der Waals surface area contributed by atoms with E-state index in [1.165, 1.54) is 58.5 Å². The summed E-state index contributed by atoms with van der Waals surface area (Å²) in [5, 5.41) is 0. The molecular formula is C15H31N3. The van der Waals surface area contributed by atoms with Crippen LogP contribution in [-0.2, 0) is 0 Å². The van der Waals surface area contributed by atoms with Crippen molar-refractivity contribution in [2.75, 3.05) is 53.4 Å². The molecular weight excluding hydrogens is 222 g/mol. The van der Waals surface area contributed by atoms with Gasteiger partial charge in [-0.2, -0.15) is 0 Å². The van der Waals surface area contributed by atoms with E-state index in [0.29, 0.717) is 5.54 Å². The van der Waals surface area contributed by atoms with E-state index in [9.17, 15) is 0 Å². The molecule has 0 aromatic carbocycles. The Kier molecular flexibility index (Phi) is 4.68. The first kappa shape index (κ1) is 14.3. The van der Waals surface area contributed by atoms with E-state index in [4.69, 9.17) is 0 Å². The number of nitrogens with zero attached hydrogens (tertiary/aromatic N) is 3. The van der Waals surface area contributed by atoms with E-state index in [0.717, 1.165) is 5.92 Å². The van der Waals surface area contributed by atoms with Gasteiger partial charge in [0.25, 0.3) is 0 Å². The maximum absolute atomic E-state index is 2.81. The molecule has 2 fully saturated rings. The van der Waals surface area contributed by atoms with E-state index in [1.807, 2.05) is 0 Å². The third-order valence-electron chi connectivity index (χ3n) is 4.71. The van der Waals surface area contributed by atoms with Crippen LogP contribution in [0.4, 0.5) is 0 Å². The zero-order valence-electron chi connectivity index (χ0n) is 12.8. The predicted octanol–water partition coefficient (Wildman–Crippen LogP) is 1.74. The van der Waals surface area contributed by atoms with Crippen molar-refractivity contribution in [3.05, 3.63) is 0 Å². The van der Waals surface area contributed by atoms with Crippen molar-refractivity contribution in [1.82, 2.24) is 14.7 Å². The van der Waals surface area contributed by atoms with Gasteiger partial charge in [0.15, 0.2) is 0 Å². The Hall–Kier alpha value is -0.120. The average Bonchev–Trinajstić information content (AvgIpc) is 2.28. The molecule has 2 saturated heterocycles. The summed E-state index contributed by atoms with van der Waals surface area (Å²) < 4.78 is 0. The molecule has 0 amide bonds. The normalized spacial score (nSPS) is 33.2. The van der Waals surface area contributed by atoms with E-state index >= 15 is 0 Å². The molecule has 0 spiro atoms. The Balaban J connectivity index is 2.08. The van der Waals surface area contributed by atoms with Crippen LogP contribution in [0.5, 0.6) is 0 Å². The molecule has 2 rings (SSSR count). The van der Waals surface area contributed by atoms with Crippen LogP contribution in [0.25, 0.3) is 0 Å². The lowest BCUT2D eigenvalue weighted by Gasteiger charge is -2.52. The topological polar surface area (TPSA) is 9.72 Å². The number of rotatable bonds is 3. The lowest BCUT2D eigenvalue weighted by Crippen LogP contribution is -2.62. The summed E-state index contributed by atoms with van der Waals surface area (Å²) in [7, 11) is 4.55. The summed E-state index contributed by atoms with van der Waals surface area (Å²) in [6.45, 7) is 12.3. The molecule has 0 bridgehead atoms. The van der Waals surface area contributed by atoms with Gasteiger partial charge in [0.1, 0.15) is 0 Å². The van der Waals surface area contributed by atoms with E-state index < -0.39 is 0 Å². The molecule has 0 N–H and O–H groups in total. The second-order valence-corrected chi connectivity index (χ2v) is 6.95. The maximum atomic E-state index is 2.81. The monoisotopic (exact) mass is 253 g/mol. The minimum absolute atomic E-state index is 0.461. The number of hydrogen-bond acceptors (Lipinski definition) is 3. The predicted molar refractivity (Wildman–Crippen MR) is 78.0 cm³/mol. The Morgan fingerprint density at radius 2 is 1.61 bits per heavy atom. The highest BCUT2D eigenvalue weighted by Gasteiger charge is 2.40. The van der Waals surface area contributed by atoms with Crippen molar-refractivity contribution in [1.29, 1.82) is 0 Å². The number of piperidine rings is 1. The second-order valence-electron chi connectivity index (χ2n) is 6.95. The van der Waals surface area contributed by atoms with Crippen LogP contribution in [0.2, 0.25) is 0 Å². The highest BCUT2D eigenvalue weighted by molar-refractivity contribution is 4.98. The number of hydrogen-bond donors (Lipinski definition) is 0. The summed E-state index contributed by atoms with van der Waals surface area (Å²) in [4.78, 5) is 7.82. The first-order valence-electron chi connectivity index (χ1n) is 7.64. The smallest absolute Gasteiger partial charge is 0.0340 e. The lowest BCUT2D eigenvalue weighted by atomic mass is 9.80. The van der Waals surface area contributed by atoms with Gasteiger partial charge in [-0.1, -0.05) is 13.8 Å². The fourth-order valence-corrected chi connectivity index (χ4v) is 3.93. The summed E-state index contributed by atoms with van der Waals surface area (Å²) in [5.74, 6) is 0.802. The number of piperazine rings is 1. The molecule has 106 valence electrons. The molecule has 3 nitrogen and oxygen atoms in total. The molecule has 1 atom stereocenters. The summed E-state index contributed by atoms with van der Waals surface area (Å²) >= 11 is 0. The minimum atomic E-state index is 0.461. The second kappa shape index (κ2) is 5.89. The molecule has 3 heteroatoms. The third kappa shape index (κ3) is 3.25. The van der Waals surface area contributed by atoms with Crippen LogP contribution in [0.1, 0.15) is 33.1 Å². The van der Waals surface area contributed by atoms with Crippen LogP contribution >= 0.6 is 0 Å². The quantitative estimate of drug-likeness (QED) is 0.759. The standard InChI is InChI=1S/C15H31N3/c1-14(2)12-15(6-5-7-17(4)13-15)18-10-8-16(3)9-11-18/h14H,5-13H2,1-4H3. The fraction of sp³-hybridized carbons (Fsp3) is 1.00. The van der Waals surface area contributed by atoms with Crippen molar-refractivity contribution in [3.63, 3.8) is 0 Å². The molecule has 2 aliphatic heterocycles. The van der Waals surface area contributed by atoms with Crippen molar-refractivity contribution < 1.29 is 0 Å². The molecule has 1 unspecified atom stereocenters. The summed E-state index contributed by atoms with van der Waals surface area (Å²) in [5.41, 5.74) is 0.461. The Bertz CT molecular complexity index is 254. The largest absolute Gasteiger partial charge is 0.305 e. The highest BCUT2D eigenvalue weighted by Crippen LogP contribution is 2.33. The van der Waals surface area contributed by atoms with Gasteiger partial charge in [0.2, 0.25) is 0 Å². The average molecular weight is 253 g/mol. The zero-order chi connectivity index (χ0) is 13.2. The summed E-state index contributed by atoms with van der Waals surface area (Å²) in [6, 6.07) is 0. The first-order valence-corrected chi connectivity index (χ1v) is 7.64. The molecule has 0 aromatic heterocycles. The molecule has 0 saturated carbocycles. The SMILES string of the molecule is CC(C)CC1(N2CCN(C)CC2)CCCN(C)C1. The minimum Gasteiger partial charge on any atom is -0.305 e. The van der Waals surface area contributed by atoms with Crippen molar-refractivity contribution in [2.45, 2.75) is 38.6 Å². The Labute approximate surface area is 113 Å². The zero-order valence-corrected chi connectivity index (χ0v) is 12.8. The molecule has 0 radical (unpaired) electrons. The molecule has 0 aromatic rings. The van der Waals surface area contributed by atoms with E-state index in [2.05, 4.69) is 42.6 Å². The van der Waals surface area contributed by atoms with Crippen LogP contribution in [0, 0.1) is 5.92 Å². The van der Waals surface area contributed by atoms with Crippen molar-refractivity contribution in [2.24, 2.45) is 5.92 Å². The molecule has 2 heterocycles. The Morgan fingerprint density at radius 3 is 2.17 bits per heavy atom. The molecule has 2 aliphatic rings. The van der Waals surface area contributed by atoms with E-state index in [1.54, 1.807) is 0 Å². The number of likely N-dealkylation sites (N-methyl/N-ethyl adjacent to an activating group) is 2. The third-order valence-corrected chi connectivity index (χ3v) is 4.71. The maximum Gasteiger partial charge on any atom is 0.0340 e. The van der Waals surface area contributed by atoms with Gasteiger partial charge in [0, 0.05) is 38.3 Å². The van der Waals surface area contributed by atoms with Gasteiger partial charge in [-0.05, 0) is 45.8 Å². The molecule has 0 aliphatic carbocycles. The van der Waals surface area contributed by atoms with Gasteiger partial charge in [-0.3, -0.25) is 4.90 Å².